The molecule has 0 fully saturated rings. The number of aromatic carboxylic acids is 1. The summed E-state index contributed by atoms with van der Waals surface area (Å²) >= 11 is 1.50. The van der Waals surface area contributed by atoms with Crippen molar-refractivity contribution < 1.29 is 9.90 Å². The normalized spacial score (nSPS) is 10.8. The molecule has 6 nitrogen and oxygen atoms in total. The standard InChI is InChI=1S/C13H10N4O2S/c18-12(19)9-4-5-10(14-7-9)8-20-13-16-15-11-3-1-2-6-17(11)13/h1-7H,8H2,(H,18,19). The Balaban J connectivity index is 1.74. The molecule has 3 aromatic rings. The van der Waals surface area contributed by atoms with Crippen LogP contribution in [0, 0.1) is 0 Å². The second-order valence-corrected chi connectivity index (χ2v) is 4.99. The molecule has 0 unspecified atom stereocenters. The van der Waals surface area contributed by atoms with Crippen LogP contribution in [0.5, 0.6) is 0 Å². The molecule has 0 saturated carbocycles. The van der Waals surface area contributed by atoms with E-state index in [4.69, 9.17) is 5.11 Å². The molecule has 0 saturated heterocycles. The summed E-state index contributed by atoms with van der Waals surface area (Å²) in [4.78, 5) is 14.9. The first-order valence-electron chi connectivity index (χ1n) is 5.85. The molecule has 0 aliphatic rings. The van der Waals surface area contributed by atoms with Crippen molar-refractivity contribution in [1.82, 2.24) is 19.6 Å². The Labute approximate surface area is 118 Å². The van der Waals surface area contributed by atoms with E-state index in [1.165, 1.54) is 18.0 Å². The van der Waals surface area contributed by atoms with Crippen LogP contribution in [0.1, 0.15) is 16.1 Å². The van der Waals surface area contributed by atoms with Crippen LogP contribution in [0.25, 0.3) is 5.65 Å². The fourth-order valence-electron chi connectivity index (χ4n) is 1.69. The quantitative estimate of drug-likeness (QED) is 0.740. The predicted octanol–water partition coefficient (Wildman–Crippen LogP) is 2.11. The zero-order valence-electron chi connectivity index (χ0n) is 10.3. The molecule has 0 aliphatic heterocycles. The van der Waals surface area contributed by atoms with Gasteiger partial charge >= 0.3 is 5.97 Å². The number of fused-ring (bicyclic) bond motifs is 1. The van der Waals surface area contributed by atoms with Gasteiger partial charge < -0.3 is 5.11 Å². The smallest absolute Gasteiger partial charge is 0.337 e. The van der Waals surface area contributed by atoms with Crippen LogP contribution >= 0.6 is 11.8 Å². The third-order valence-electron chi connectivity index (χ3n) is 2.70. The van der Waals surface area contributed by atoms with Crippen molar-refractivity contribution in [2.24, 2.45) is 0 Å². The van der Waals surface area contributed by atoms with E-state index in [1.807, 2.05) is 28.8 Å². The number of thioether (sulfide) groups is 1. The highest BCUT2D eigenvalue weighted by Crippen LogP contribution is 2.20. The highest BCUT2D eigenvalue weighted by molar-refractivity contribution is 7.98. The summed E-state index contributed by atoms with van der Waals surface area (Å²) in [7, 11) is 0. The van der Waals surface area contributed by atoms with E-state index in [1.54, 1.807) is 12.1 Å². The van der Waals surface area contributed by atoms with Crippen LogP contribution < -0.4 is 0 Å². The van der Waals surface area contributed by atoms with E-state index >= 15 is 0 Å². The van der Waals surface area contributed by atoms with Gasteiger partial charge in [0, 0.05) is 18.1 Å². The molecule has 3 aromatic heterocycles. The molecule has 0 amide bonds. The molecule has 0 radical (unpaired) electrons. The number of pyridine rings is 2. The van der Waals surface area contributed by atoms with E-state index in [0.717, 1.165) is 16.5 Å². The van der Waals surface area contributed by atoms with Crippen molar-refractivity contribution in [2.45, 2.75) is 10.9 Å². The zero-order chi connectivity index (χ0) is 13.9. The highest BCUT2D eigenvalue weighted by atomic mass is 32.2. The molecule has 7 heteroatoms. The lowest BCUT2D eigenvalue weighted by molar-refractivity contribution is 0.0696. The summed E-state index contributed by atoms with van der Waals surface area (Å²) in [6.45, 7) is 0. The molecule has 0 bridgehead atoms. The van der Waals surface area contributed by atoms with E-state index in [-0.39, 0.29) is 5.56 Å². The molecule has 0 aliphatic carbocycles. The monoisotopic (exact) mass is 286 g/mol. The summed E-state index contributed by atoms with van der Waals surface area (Å²) < 4.78 is 1.90. The third-order valence-corrected chi connectivity index (χ3v) is 3.68. The number of carbonyl (C=O) groups is 1. The number of aromatic nitrogens is 4. The molecule has 0 aromatic carbocycles. The van der Waals surface area contributed by atoms with Gasteiger partial charge in [0.25, 0.3) is 0 Å². The van der Waals surface area contributed by atoms with Gasteiger partial charge in [-0.15, -0.1) is 10.2 Å². The van der Waals surface area contributed by atoms with Crippen LogP contribution in [0.4, 0.5) is 0 Å². The summed E-state index contributed by atoms with van der Waals surface area (Å²) in [5, 5.41) is 17.8. The average Bonchev–Trinajstić information content (AvgIpc) is 2.89. The lowest BCUT2D eigenvalue weighted by Crippen LogP contribution is -1.98. The Morgan fingerprint density at radius 1 is 1.25 bits per heavy atom. The van der Waals surface area contributed by atoms with Crippen LogP contribution in [0.15, 0.2) is 47.9 Å². The summed E-state index contributed by atoms with van der Waals surface area (Å²) in [6.07, 6.45) is 3.26. The summed E-state index contributed by atoms with van der Waals surface area (Å²) in [6, 6.07) is 8.97. The number of hydrogen-bond acceptors (Lipinski definition) is 5. The van der Waals surface area contributed by atoms with Crippen LogP contribution in [0.2, 0.25) is 0 Å². The second kappa shape index (κ2) is 5.30. The van der Waals surface area contributed by atoms with Gasteiger partial charge in [-0.3, -0.25) is 9.38 Å². The Bertz CT molecular complexity index is 754. The minimum atomic E-state index is -0.972. The molecule has 100 valence electrons. The maximum absolute atomic E-state index is 10.7. The van der Waals surface area contributed by atoms with E-state index in [2.05, 4.69) is 15.2 Å². The molecular weight excluding hydrogens is 276 g/mol. The van der Waals surface area contributed by atoms with Crippen molar-refractivity contribution in [3.8, 4) is 0 Å². The van der Waals surface area contributed by atoms with Crippen LogP contribution in [-0.2, 0) is 5.75 Å². The van der Waals surface area contributed by atoms with Gasteiger partial charge in [0.15, 0.2) is 10.8 Å². The fourth-order valence-corrected chi connectivity index (χ4v) is 2.53. The maximum atomic E-state index is 10.7. The lowest BCUT2D eigenvalue weighted by atomic mass is 10.2. The third kappa shape index (κ3) is 2.48. The van der Waals surface area contributed by atoms with E-state index < -0.39 is 5.97 Å². The Kier molecular flexibility index (Phi) is 3.34. The predicted molar refractivity (Wildman–Crippen MR) is 73.7 cm³/mol. The topological polar surface area (TPSA) is 80.4 Å². The fraction of sp³-hybridized carbons (Fsp3) is 0.0769. The molecule has 0 atom stereocenters. The van der Waals surface area contributed by atoms with Crippen LogP contribution in [0.3, 0.4) is 0 Å². The highest BCUT2D eigenvalue weighted by Gasteiger charge is 2.07. The van der Waals surface area contributed by atoms with Gasteiger partial charge in [0.2, 0.25) is 0 Å². The van der Waals surface area contributed by atoms with Gasteiger partial charge in [0.05, 0.1) is 11.3 Å². The van der Waals surface area contributed by atoms with E-state index in [9.17, 15) is 4.79 Å². The molecule has 3 heterocycles. The molecule has 1 N–H and O–H groups in total. The molecular formula is C13H10N4O2S. The SMILES string of the molecule is O=C(O)c1ccc(CSc2nnc3ccccn23)nc1. The minimum absolute atomic E-state index is 0.187. The first-order valence-corrected chi connectivity index (χ1v) is 6.83. The summed E-state index contributed by atoms with van der Waals surface area (Å²) in [5.74, 6) is -0.365. The molecule has 0 spiro atoms. The second-order valence-electron chi connectivity index (χ2n) is 4.04. The number of rotatable bonds is 4. The number of nitrogens with zero attached hydrogens (tertiary/aromatic N) is 4. The average molecular weight is 286 g/mol. The lowest BCUT2D eigenvalue weighted by Gasteiger charge is -2.00. The first kappa shape index (κ1) is 12.6. The van der Waals surface area contributed by atoms with Crippen LogP contribution in [-0.4, -0.2) is 30.7 Å². The molecule has 3 rings (SSSR count). The van der Waals surface area contributed by atoms with Gasteiger partial charge in [-0.2, -0.15) is 0 Å². The number of carboxylic acids is 1. The maximum Gasteiger partial charge on any atom is 0.337 e. The van der Waals surface area contributed by atoms with Crippen molar-refractivity contribution in [3.05, 3.63) is 54.0 Å². The Morgan fingerprint density at radius 2 is 2.15 bits per heavy atom. The Morgan fingerprint density at radius 3 is 2.90 bits per heavy atom. The summed E-state index contributed by atoms with van der Waals surface area (Å²) in [5.41, 5.74) is 1.78. The van der Waals surface area contributed by atoms with Gasteiger partial charge in [-0.1, -0.05) is 17.8 Å². The van der Waals surface area contributed by atoms with Crippen molar-refractivity contribution in [2.75, 3.05) is 0 Å². The number of hydrogen-bond donors (Lipinski definition) is 1. The van der Waals surface area contributed by atoms with Crippen molar-refractivity contribution in [3.63, 3.8) is 0 Å². The van der Waals surface area contributed by atoms with Crippen molar-refractivity contribution in [1.29, 1.82) is 0 Å². The van der Waals surface area contributed by atoms with Crippen molar-refractivity contribution >= 4 is 23.4 Å². The van der Waals surface area contributed by atoms with Gasteiger partial charge in [-0.05, 0) is 24.3 Å². The zero-order valence-corrected chi connectivity index (χ0v) is 11.1. The Hall–Kier alpha value is -2.41. The largest absolute Gasteiger partial charge is 0.478 e. The minimum Gasteiger partial charge on any atom is -0.478 e. The molecule has 20 heavy (non-hydrogen) atoms. The first-order chi connectivity index (χ1) is 9.74. The number of carboxylic acid groups (broad SMARTS) is 1. The van der Waals surface area contributed by atoms with Gasteiger partial charge in [-0.25, -0.2) is 4.79 Å². The van der Waals surface area contributed by atoms with Gasteiger partial charge in [0.1, 0.15) is 0 Å². The van der Waals surface area contributed by atoms with E-state index in [0.29, 0.717) is 5.75 Å².